The van der Waals surface area contributed by atoms with Crippen LogP contribution in [0.2, 0.25) is 0 Å². The minimum atomic E-state index is 0.480. The summed E-state index contributed by atoms with van der Waals surface area (Å²) in [6, 6.07) is 0. The van der Waals surface area contributed by atoms with E-state index in [2.05, 4.69) is 32.9 Å². The van der Waals surface area contributed by atoms with Crippen LogP contribution in [0.3, 0.4) is 0 Å². The maximum Gasteiger partial charge on any atom is 0.170 e. The van der Waals surface area contributed by atoms with Gasteiger partial charge in [-0.2, -0.15) is 0 Å². The van der Waals surface area contributed by atoms with Gasteiger partial charge in [-0.05, 0) is 25.2 Å². The van der Waals surface area contributed by atoms with E-state index in [1.165, 1.54) is 19.3 Å². The first kappa shape index (κ1) is 14.1. The molecule has 0 aliphatic rings. The molecule has 0 fully saturated rings. The van der Waals surface area contributed by atoms with Crippen molar-refractivity contribution in [3.05, 3.63) is 11.3 Å². The molecule has 0 saturated heterocycles. The highest BCUT2D eigenvalue weighted by Crippen LogP contribution is 2.32. The van der Waals surface area contributed by atoms with Crippen molar-refractivity contribution in [2.45, 2.75) is 65.7 Å². The van der Waals surface area contributed by atoms with Gasteiger partial charge >= 0.3 is 0 Å². The lowest BCUT2D eigenvalue weighted by Gasteiger charge is -2.13. The lowest BCUT2D eigenvalue weighted by molar-refractivity contribution is 0.345. The Morgan fingerprint density at radius 3 is 2.53 bits per heavy atom. The molecule has 1 heterocycles. The van der Waals surface area contributed by atoms with E-state index in [9.17, 15) is 0 Å². The summed E-state index contributed by atoms with van der Waals surface area (Å²) in [5.41, 5.74) is 7.05. The van der Waals surface area contributed by atoms with Crippen molar-refractivity contribution in [2.75, 3.05) is 5.73 Å². The zero-order chi connectivity index (χ0) is 12.8. The summed E-state index contributed by atoms with van der Waals surface area (Å²) in [6.45, 7) is 8.82. The lowest BCUT2D eigenvalue weighted by atomic mass is 9.91. The third-order valence-electron chi connectivity index (χ3n) is 3.23. The van der Waals surface area contributed by atoms with Gasteiger partial charge in [0.15, 0.2) is 5.82 Å². The second kappa shape index (κ2) is 6.67. The van der Waals surface area contributed by atoms with Gasteiger partial charge in [0.05, 0.1) is 0 Å². The first-order valence-corrected chi connectivity index (χ1v) is 6.83. The number of rotatable bonds is 7. The van der Waals surface area contributed by atoms with Gasteiger partial charge in [-0.25, -0.2) is 0 Å². The predicted molar refractivity (Wildman–Crippen MR) is 72.0 cm³/mol. The van der Waals surface area contributed by atoms with E-state index in [-0.39, 0.29) is 0 Å². The fraction of sp³-hybridized carbons (Fsp3) is 0.786. The summed E-state index contributed by atoms with van der Waals surface area (Å²) < 4.78 is 5.47. The highest BCUT2D eigenvalue weighted by atomic mass is 16.5. The molecule has 0 aliphatic heterocycles. The molecule has 0 aliphatic carbocycles. The molecule has 17 heavy (non-hydrogen) atoms. The number of aromatic nitrogens is 1. The Morgan fingerprint density at radius 2 is 2.00 bits per heavy atom. The second-order valence-electron chi connectivity index (χ2n) is 5.26. The molecule has 98 valence electrons. The summed E-state index contributed by atoms with van der Waals surface area (Å²) in [5, 5.41) is 3.95. The monoisotopic (exact) mass is 238 g/mol. The third-order valence-corrected chi connectivity index (χ3v) is 3.23. The number of hydrogen-bond acceptors (Lipinski definition) is 3. The van der Waals surface area contributed by atoms with Gasteiger partial charge in [-0.15, -0.1) is 0 Å². The molecule has 0 bridgehead atoms. The van der Waals surface area contributed by atoms with E-state index in [1.807, 2.05) is 0 Å². The van der Waals surface area contributed by atoms with Gasteiger partial charge in [-0.3, -0.25) is 0 Å². The number of nitrogen functional groups attached to an aromatic ring is 1. The molecule has 0 radical (unpaired) electrons. The number of hydrogen-bond donors (Lipinski definition) is 1. The van der Waals surface area contributed by atoms with E-state index >= 15 is 0 Å². The number of unbranched alkanes of at least 4 members (excludes halogenated alkanes) is 1. The Balaban J connectivity index is 2.86. The molecule has 2 N–H and O–H groups in total. The molecule has 1 aromatic rings. The Morgan fingerprint density at radius 1 is 1.29 bits per heavy atom. The fourth-order valence-corrected chi connectivity index (χ4v) is 2.24. The normalized spacial score (nSPS) is 13.2. The Bertz CT molecular complexity index is 331. The van der Waals surface area contributed by atoms with Crippen LogP contribution >= 0.6 is 0 Å². The SMILES string of the molecule is CCCCC(CC)c1onc(N)c1CC(C)C. The lowest BCUT2D eigenvalue weighted by Crippen LogP contribution is -2.04. The van der Waals surface area contributed by atoms with E-state index in [0.717, 1.165) is 24.2 Å². The van der Waals surface area contributed by atoms with Gasteiger partial charge in [0.25, 0.3) is 0 Å². The van der Waals surface area contributed by atoms with Crippen molar-refractivity contribution in [3.63, 3.8) is 0 Å². The Hall–Kier alpha value is -0.990. The topological polar surface area (TPSA) is 52.0 Å². The summed E-state index contributed by atoms with van der Waals surface area (Å²) in [7, 11) is 0. The summed E-state index contributed by atoms with van der Waals surface area (Å²) in [5.74, 6) is 2.68. The van der Waals surface area contributed by atoms with Crippen molar-refractivity contribution in [2.24, 2.45) is 5.92 Å². The van der Waals surface area contributed by atoms with Crippen molar-refractivity contribution >= 4 is 5.82 Å². The summed E-state index contributed by atoms with van der Waals surface area (Å²) in [4.78, 5) is 0. The molecule has 0 amide bonds. The number of nitrogens with two attached hydrogens (primary N) is 1. The molecule has 0 aromatic carbocycles. The minimum Gasteiger partial charge on any atom is -0.381 e. The van der Waals surface area contributed by atoms with Crippen LogP contribution in [-0.2, 0) is 6.42 Å². The molecule has 0 spiro atoms. The van der Waals surface area contributed by atoms with Crippen LogP contribution in [0.25, 0.3) is 0 Å². The maximum absolute atomic E-state index is 5.91. The highest BCUT2D eigenvalue weighted by molar-refractivity contribution is 5.42. The first-order valence-electron chi connectivity index (χ1n) is 6.83. The molecule has 1 unspecified atom stereocenters. The van der Waals surface area contributed by atoms with Crippen LogP contribution in [0, 0.1) is 5.92 Å². The average molecular weight is 238 g/mol. The molecule has 1 atom stereocenters. The molecular formula is C14H26N2O. The molecule has 3 heteroatoms. The molecule has 0 saturated carbocycles. The predicted octanol–water partition coefficient (Wildman–Crippen LogP) is 4.14. The largest absolute Gasteiger partial charge is 0.381 e. The summed E-state index contributed by atoms with van der Waals surface area (Å²) in [6.07, 6.45) is 5.69. The van der Waals surface area contributed by atoms with Crippen molar-refractivity contribution in [3.8, 4) is 0 Å². The fourth-order valence-electron chi connectivity index (χ4n) is 2.24. The van der Waals surface area contributed by atoms with Gasteiger partial charge in [-0.1, -0.05) is 45.7 Å². The van der Waals surface area contributed by atoms with Crippen molar-refractivity contribution in [1.29, 1.82) is 0 Å². The van der Waals surface area contributed by atoms with Crippen LogP contribution in [-0.4, -0.2) is 5.16 Å². The smallest absolute Gasteiger partial charge is 0.170 e. The zero-order valence-corrected chi connectivity index (χ0v) is 11.6. The van der Waals surface area contributed by atoms with Crippen LogP contribution in [0.1, 0.15) is 70.6 Å². The Labute approximate surface area is 105 Å². The van der Waals surface area contributed by atoms with Crippen LogP contribution in [0.4, 0.5) is 5.82 Å². The Kier molecular flexibility index (Phi) is 5.52. The van der Waals surface area contributed by atoms with E-state index in [0.29, 0.717) is 17.7 Å². The number of nitrogens with zero attached hydrogens (tertiary/aromatic N) is 1. The average Bonchev–Trinajstić information content (AvgIpc) is 2.62. The number of anilines is 1. The van der Waals surface area contributed by atoms with Crippen LogP contribution in [0.5, 0.6) is 0 Å². The third kappa shape index (κ3) is 3.76. The molecule has 1 aromatic heterocycles. The second-order valence-corrected chi connectivity index (χ2v) is 5.26. The first-order chi connectivity index (χ1) is 8.10. The van der Waals surface area contributed by atoms with Gasteiger partial charge < -0.3 is 10.3 Å². The molecule has 3 nitrogen and oxygen atoms in total. The van der Waals surface area contributed by atoms with E-state index < -0.39 is 0 Å². The van der Waals surface area contributed by atoms with Gasteiger partial charge in [0.2, 0.25) is 0 Å². The quantitative estimate of drug-likeness (QED) is 0.776. The van der Waals surface area contributed by atoms with E-state index in [4.69, 9.17) is 10.3 Å². The minimum absolute atomic E-state index is 0.480. The van der Waals surface area contributed by atoms with Crippen molar-refractivity contribution in [1.82, 2.24) is 5.16 Å². The molecular weight excluding hydrogens is 212 g/mol. The zero-order valence-electron chi connectivity index (χ0n) is 11.6. The standard InChI is InChI=1S/C14H26N2O/c1-5-7-8-11(6-2)13-12(9-10(3)4)14(15)16-17-13/h10-11H,5-9H2,1-4H3,(H2,15,16). The summed E-state index contributed by atoms with van der Waals surface area (Å²) >= 11 is 0. The maximum atomic E-state index is 5.91. The van der Waals surface area contributed by atoms with Gasteiger partial charge in [0, 0.05) is 11.5 Å². The van der Waals surface area contributed by atoms with Crippen LogP contribution in [0.15, 0.2) is 4.52 Å². The molecule has 1 rings (SSSR count). The van der Waals surface area contributed by atoms with Gasteiger partial charge in [0.1, 0.15) is 5.76 Å². The highest BCUT2D eigenvalue weighted by Gasteiger charge is 2.21. The van der Waals surface area contributed by atoms with Crippen LogP contribution < -0.4 is 5.73 Å². The van der Waals surface area contributed by atoms with E-state index in [1.54, 1.807) is 0 Å². The van der Waals surface area contributed by atoms with Crippen molar-refractivity contribution < 1.29 is 4.52 Å².